The average Bonchev–Trinajstić information content (AvgIpc) is 2.55. The fourth-order valence-corrected chi connectivity index (χ4v) is 2.41. The highest BCUT2D eigenvalue weighted by Gasteiger charge is 2.12. The van der Waals surface area contributed by atoms with Gasteiger partial charge in [0.15, 0.2) is 0 Å². The van der Waals surface area contributed by atoms with Gasteiger partial charge in [0.25, 0.3) is 0 Å². The molecule has 1 heterocycles. The van der Waals surface area contributed by atoms with Gasteiger partial charge < -0.3 is 11.1 Å². The van der Waals surface area contributed by atoms with Crippen LogP contribution in [0.2, 0.25) is 0 Å². The maximum atomic E-state index is 11.6. The molecule has 1 amide bonds. The second-order valence-corrected chi connectivity index (χ2v) is 5.75. The van der Waals surface area contributed by atoms with Crippen molar-refractivity contribution in [2.45, 2.75) is 40.0 Å². The first-order valence-electron chi connectivity index (χ1n) is 5.99. The molecule has 1 aromatic heterocycles. The van der Waals surface area contributed by atoms with E-state index in [9.17, 15) is 4.79 Å². The summed E-state index contributed by atoms with van der Waals surface area (Å²) < 4.78 is 0. The molecule has 3 N–H and O–H groups in total. The predicted molar refractivity (Wildman–Crippen MR) is 79.6 cm³/mol. The van der Waals surface area contributed by atoms with Crippen LogP contribution in [0.4, 0.5) is 5.00 Å². The van der Waals surface area contributed by atoms with Gasteiger partial charge in [0.2, 0.25) is 5.91 Å². The van der Waals surface area contributed by atoms with Crippen LogP contribution < -0.4 is 11.1 Å². The van der Waals surface area contributed by atoms with Gasteiger partial charge in [-0.05, 0) is 32.2 Å². The lowest BCUT2D eigenvalue weighted by atomic mass is 10.1. The third kappa shape index (κ3) is 5.80. The lowest BCUT2D eigenvalue weighted by Gasteiger charge is -2.06. The summed E-state index contributed by atoms with van der Waals surface area (Å²) in [4.78, 5) is 16.1. The van der Waals surface area contributed by atoms with Crippen molar-refractivity contribution in [1.29, 1.82) is 0 Å². The lowest BCUT2D eigenvalue weighted by molar-refractivity contribution is -0.116. The van der Waals surface area contributed by atoms with Crippen molar-refractivity contribution in [2.75, 3.05) is 11.9 Å². The molecule has 0 aliphatic rings. The summed E-state index contributed by atoms with van der Waals surface area (Å²) in [7, 11) is 0. The number of halogens is 1. The molecule has 1 rings (SSSR count). The number of carbonyl (C=O) groups excluding carboxylic acids is 1. The summed E-state index contributed by atoms with van der Waals surface area (Å²) in [6, 6.07) is 0. The summed E-state index contributed by atoms with van der Waals surface area (Å²) in [5, 5.41) is 4.83. The molecule has 0 saturated heterocycles. The second-order valence-electron chi connectivity index (χ2n) is 4.55. The van der Waals surface area contributed by atoms with Crippen molar-refractivity contribution in [3.05, 3.63) is 10.7 Å². The topological polar surface area (TPSA) is 68.0 Å². The molecule has 0 bridgehead atoms. The zero-order valence-corrected chi connectivity index (χ0v) is 12.8. The number of nitrogens with zero attached hydrogens (tertiary/aromatic N) is 1. The fourth-order valence-electron chi connectivity index (χ4n) is 1.54. The number of aryl methyl sites for hydroxylation is 1. The normalized spacial score (nSPS) is 10.3. The van der Waals surface area contributed by atoms with E-state index in [1.165, 1.54) is 0 Å². The van der Waals surface area contributed by atoms with Crippen molar-refractivity contribution >= 4 is 34.7 Å². The number of carbonyl (C=O) groups is 1. The Labute approximate surface area is 119 Å². The SMILES string of the molecule is Cc1nc(CC(C)C)c(NC(=O)CCCN)s1.Cl. The Bertz CT molecular complexity index is 379. The Morgan fingerprint density at radius 2 is 2.17 bits per heavy atom. The van der Waals surface area contributed by atoms with Gasteiger partial charge in [0.1, 0.15) is 5.00 Å². The van der Waals surface area contributed by atoms with Crippen LogP contribution in [-0.2, 0) is 11.2 Å². The van der Waals surface area contributed by atoms with E-state index in [0.29, 0.717) is 18.9 Å². The number of amides is 1. The van der Waals surface area contributed by atoms with Crippen molar-refractivity contribution in [1.82, 2.24) is 4.98 Å². The molecule has 0 aliphatic heterocycles. The molecule has 0 fully saturated rings. The molecule has 1 aromatic rings. The van der Waals surface area contributed by atoms with E-state index >= 15 is 0 Å². The van der Waals surface area contributed by atoms with E-state index in [0.717, 1.165) is 28.5 Å². The summed E-state index contributed by atoms with van der Waals surface area (Å²) >= 11 is 1.54. The molecule has 0 aliphatic carbocycles. The van der Waals surface area contributed by atoms with Crippen LogP contribution in [0, 0.1) is 12.8 Å². The molecule has 0 spiro atoms. The van der Waals surface area contributed by atoms with E-state index in [2.05, 4.69) is 24.1 Å². The number of rotatable bonds is 6. The van der Waals surface area contributed by atoms with Crippen molar-refractivity contribution in [2.24, 2.45) is 11.7 Å². The zero-order valence-electron chi connectivity index (χ0n) is 11.2. The standard InChI is InChI=1S/C12H21N3OS.ClH/c1-8(2)7-10-12(17-9(3)14-10)15-11(16)5-4-6-13;/h8H,4-7,13H2,1-3H3,(H,15,16);1H. The second kappa shape index (κ2) is 8.45. The van der Waals surface area contributed by atoms with Gasteiger partial charge in [0, 0.05) is 6.42 Å². The highest BCUT2D eigenvalue weighted by atomic mass is 35.5. The summed E-state index contributed by atoms with van der Waals surface area (Å²) in [5.41, 5.74) is 6.38. The number of aromatic nitrogens is 1. The van der Waals surface area contributed by atoms with Crippen LogP contribution in [0.3, 0.4) is 0 Å². The fraction of sp³-hybridized carbons (Fsp3) is 0.667. The summed E-state index contributed by atoms with van der Waals surface area (Å²) in [6.45, 7) is 6.81. The first-order valence-corrected chi connectivity index (χ1v) is 6.80. The number of thiazole rings is 1. The van der Waals surface area contributed by atoms with Crippen molar-refractivity contribution < 1.29 is 4.79 Å². The quantitative estimate of drug-likeness (QED) is 0.847. The minimum absolute atomic E-state index is 0. The van der Waals surface area contributed by atoms with Gasteiger partial charge in [-0.1, -0.05) is 13.8 Å². The predicted octanol–water partition coefficient (Wildman–Crippen LogP) is 2.75. The molecule has 0 unspecified atom stereocenters. The van der Waals surface area contributed by atoms with Gasteiger partial charge in [-0.25, -0.2) is 4.98 Å². The third-order valence-electron chi connectivity index (χ3n) is 2.27. The van der Waals surface area contributed by atoms with E-state index in [1.54, 1.807) is 11.3 Å². The van der Waals surface area contributed by atoms with Gasteiger partial charge in [-0.3, -0.25) is 4.79 Å². The maximum absolute atomic E-state index is 11.6. The Kier molecular flexibility index (Phi) is 8.15. The first kappa shape index (κ1) is 17.4. The van der Waals surface area contributed by atoms with Crippen LogP contribution in [0.1, 0.15) is 37.4 Å². The van der Waals surface area contributed by atoms with Crippen molar-refractivity contribution in [3.63, 3.8) is 0 Å². The van der Waals surface area contributed by atoms with Crippen LogP contribution >= 0.6 is 23.7 Å². The maximum Gasteiger partial charge on any atom is 0.225 e. The van der Waals surface area contributed by atoms with Crippen LogP contribution in [-0.4, -0.2) is 17.4 Å². The summed E-state index contributed by atoms with van der Waals surface area (Å²) in [5.74, 6) is 0.570. The van der Waals surface area contributed by atoms with Crippen molar-refractivity contribution in [3.8, 4) is 0 Å². The van der Waals surface area contributed by atoms with Gasteiger partial charge in [-0.2, -0.15) is 0 Å². The Balaban J connectivity index is 0.00000289. The van der Waals surface area contributed by atoms with E-state index in [1.807, 2.05) is 6.92 Å². The number of nitrogens with one attached hydrogen (secondary N) is 1. The largest absolute Gasteiger partial charge is 0.330 e. The Morgan fingerprint density at radius 1 is 1.50 bits per heavy atom. The Morgan fingerprint density at radius 3 is 2.72 bits per heavy atom. The number of hydrogen-bond acceptors (Lipinski definition) is 4. The van der Waals surface area contributed by atoms with E-state index < -0.39 is 0 Å². The van der Waals surface area contributed by atoms with Gasteiger partial charge >= 0.3 is 0 Å². The van der Waals surface area contributed by atoms with Gasteiger partial charge in [0.05, 0.1) is 10.7 Å². The zero-order chi connectivity index (χ0) is 12.8. The molecule has 18 heavy (non-hydrogen) atoms. The highest BCUT2D eigenvalue weighted by Crippen LogP contribution is 2.26. The smallest absolute Gasteiger partial charge is 0.225 e. The molecule has 104 valence electrons. The van der Waals surface area contributed by atoms with Crippen LogP contribution in [0.15, 0.2) is 0 Å². The molecule has 0 atom stereocenters. The molecule has 0 saturated carbocycles. The van der Waals surface area contributed by atoms with E-state index in [4.69, 9.17) is 5.73 Å². The first-order chi connectivity index (χ1) is 8.02. The number of nitrogens with two attached hydrogens (primary N) is 1. The van der Waals surface area contributed by atoms with Gasteiger partial charge in [-0.15, -0.1) is 23.7 Å². The monoisotopic (exact) mass is 291 g/mol. The Hall–Kier alpha value is -0.650. The highest BCUT2D eigenvalue weighted by molar-refractivity contribution is 7.16. The molecular formula is C12H22ClN3OS. The van der Waals surface area contributed by atoms with Crippen LogP contribution in [0.25, 0.3) is 0 Å². The minimum Gasteiger partial charge on any atom is -0.330 e. The molecule has 4 nitrogen and oxygen atoms in total. The summed E-state index contributed by atoms with van der Waals surface area (Å²) in [6.07, 6.45) is 2.11. The average molecular weight is 292 g/mol. The molecular weight excluding hydrogens is 270 g/mol. The van der Waals surface area contributed by atoms with Crippen LogP contribution in [0.5, 0.6) is 0 Å². The molecule has 0 aromatic carbocycles. The number of anilines is 1. The van der Waals surface area contributed by atoms with E-state index in [-0.39, 0.29) is 18.3 Å². The lowest BCUT2D eigenvalue weighted by Crippen LogP contribution is -2.14. The number of hydrogen-bond donors (Lipinski definition) is 2. The molecule has 0 radical (unpaired) electrons. The molecule has 6 heteroatoms. The minimum atomic E-state index is 0. The third-order valence-corrected chi connectivity index (χ3v) is 3.20.